The van der Waals surface area contributed by atoms with Crippen molar-refractivity contribution >= 4 is 41.0 Å². The van der Waals surface area contributed by atoms with Crippen LogP contribution in [0.2, 0.25) is 5.02 Å². The SMILES string of the molecule is O=C(Cc1cccs1)N/N=C\c1cccc(OC(=O)c2ccccc2Cl)c1. The Labute approximate surface area is 165 Å². The van der Waals surface area contributed by atoms with Gasteiger partial charge < -0.3 is 4.74 Å². The van der Waals surface area contributed by atoms with Crippen molar-refractivity contribution in [3.8, 4) is 5.75 Å². The van der Waals surface area contributed by atoms with Crippen molar-refractivity contribution in [3.63, 3.8) is 0 Å². The van der Waals surface area contributed by atoms with Gasteiger partial charge >= 0.3 is 5.97 Å². The van der Waals surface area contributed by atoms with E-state index in [2.05, 4.69) is 10.5 Å². The van der Waals surface area contributed by atoms with Crippen LogP contribution in [-0.2, 0) is 11.2 Å². The van der Waals surface area contributed by atoms with Crippen LogP contribution < -0.4 is 10.2 Å². The first-order valence-electron chi connectivity index (χ1n) is 8.03. The summed E-state index contributed by atoms with van der Waals surface area (Å²) in [6.07, 6.45) is 1.77. The Balaban J connectivity index is 1.59. The zero-order valence-corrected chi connectivity index (χ0v) is 15.7. The van der Waals surface area contributed by atoms with E-state index >= 15 is 0 Å². The van der Waals surface area contributed by atoms with Gasteiger partial charge in [-0.15, -0.1) is 11.3 Å². The summed E-state index contributed by atoms with van der Waals surface area (Å²) in [7, 11) is 0. The summed E-state index contributed by atoms with van der Waals surface area (Å²) in [6.45, 7) is 0. The van der Waals surface area contributed by atoms with Crippen LogP contribution in [0.15, 0.2) is 71.1 Å². The van der Waals surface area contributed by atoms with Gasteiger partial charge in [0.1, 0.15) is 5.75 Å². The third-order valence-corrected chi connectivity index (χ3v) is 4.69. The molecule has 0 fully saturated rings. The number of hydrazone groups is 1. The van der Waals surface area contributed by atoms with Crippen molar-refractivity contribution in [1.82, 2.24) is 5.43 Å². The molecule has 1 N–H and O–H groups in total. The van der Waals surface area contributed by atoms with Gasteiger partial charge in [-0.05, 0) is 41.3 Å². The van der Waals surface area contributed by atoms with E-state index in [1.807, 2.05) is 17.5 Å². The number of esters is 1. The van der Waals surface area contributed by atoms with Crippen LogP contribution in [0.3, 0.4) is 0 Å². The molecule has 27 heavy (non-hydrogen) atoms. The van der Waals surface area contributed by atoms with Gasteiger partial charge in [0.2, 0.25) is 5.91 Å². The van der Waals surface area contributed by atoms with E-state index in [0.29, 0.717) is 21.9 Å². The largest absolute Gasteiger partial charge is 0.423 e. The second kappa shape index (κ2) is 9.12. The van der Waals surface area contributed by atoms with Crippen LogP contribution in [0.25, 0.3) is 0 Å². The molecule has 0 aliphatic heterocycles. The Morgan fingerprint density at radius 2 is 1.96 bits per heavy atom. The number of hydrogen-bond donors (Lipinski definition) is 1. The minimum Gasteiger partial charge on any atom is -0.423 e. The maximum atomic E-state index is 12.2. The highest BCUT2D eigenvalue weighted by atomic mass is 35.5. The highest BCUT2D eigenvalue weighted by Gasteiger charge is 2.12. The summed E-state index contributed by atoms with van der Waals surface area (Å²) in [5.41, 5.74) is 3.44. The van der Waals surface area contributed by atoms with E-state index in [9.17, 15) is 9.59 Å². The average Bonchev–Trinajstić information content (AvgIpc) is 3.15. The molecule has 136 valence electrons. The van der Waals surface area contributed by atoms with Crippen LogP contribution in [0.5, 0.6) is 5.75 Å². The second-order valence-corrected chi connectivity index (χ2v) is 6.93. The minimum atomic E-state index is -0.543. The number of thiophene rings is 1. The number of amides is 1. The highest BCUT2D eigenvalue weighted by Crippen LogP contribution is 2.19. The van der Waals surface area contributed by atoms with Gasteiger partial charge in [0.15, 0.2) is 0 Å². The Hall–Kier alpha value is -2.96. The molecule has 5 nitrogen and oxygen atoms in total. The summed E-state index contributed by atoms with van der Waals surface area (Å²) in [5, 5.41) is 6.18. The fourth-order valence-corrected chi connectivity index (χ4v) is 3.15. The Bertz CT molecular complexity index is 971. The lowest BCUT2D eigenvalue weighted by Gasteiger charge is -2.06. The number of ether oxygens (including phenoxy) is 1. The molecule has 1 heterocycles. The van der Waals surface area contributed by atoms with Crippen molar-refractivity contribution in [2.75, 3.05) is 0 Å². The molecular weight excluding hydrogens is 384 g/mol. The van der Waals surface area contributed by atoms with Crippen LogP contribution in [0, 0.1) is 0 Å². The third-order valence-electron chi connectivity index (χ3n) is 3.48. The number of nitrogens with one attached hydrogen (secondary N) is 1. The summed E-state index contributed by atoms with van der Waals surface area (Å²) < 4.78 is 5.35. The lowest BCUT2D eigenvalue weighted by molar-refractivity contribution is -0.120. The lowest BCUT2D eigenvalue weighted by atomic mass is 10.2. The van der Waals surface area contributed by atoms with Gasteiger partial charge in [-0.1, -0.05) is 41.9 Å². The third kappa shape index (κ3) is 5.51. The van der Waals surface area contributed by atoms with Gasteiger partial charge in [0.25, 0.3) is 0 Å². The molecule has 3 rings (SSSR count). The number of halogens is 1. The van der Waals surface area contributed by atoms with E-state index in [1.54, 1.807) is 48.5 Å². The molecule has 0 spiro atoms. The van der Waals surface area contributed by atoms with Gasteiger partial charge in [0, 0.05) is 4.88 Å². The molecule has 0 unspecified atom stereocenters. The molecule has 0 bridgehead atoms. The van der Waals surface area contributed by atoms with Crippen LogP contribution in [0.4, 0.5) is 0 Å². The molecule has 0 saturated heterocycles. The van der Waals surface area contributed by atoms with Crippen molar-refractivity contribution in [2.45, 2.75) is 6.42 Å². The molecule has 0 radical (unpaired) electrons. The zero-order chi connectivity index (χ0) is 19.1. The highest BCUT2D eigenvalue weighted by molar-refractivity contribution is 7.10. The zero-order valence-electron chi connectivity index (χ0n) is 14.1. The molecule has 7 heteroatoms. The number of carbonyl (C=O) groups excluding carboxylic acids is 2. The van der Waals surface area contributed by atoms with Crippen LogP contribution in [0.1, 0.15) is 20.8 Å². The number of carbonyl (C=O) groups is 2. The lowest BCUT2D eigenvalue weighted by Crippen LogP contribution is -2.19. The molecule has 0 atom stereocenters. The van der Waals surface area contributed by atoms with Crippen molar-refractivity contribution in [3.05, 3.63) is 87.1 Å². The van der Waals surface area contributed by atoms with Crippen LogP contribution in [-0.4, -0.2) is 18.1 Å². The van der Waals surface area contributed by atoms with Gasteiger partial charge in [-0.2, -0.15) is 5.10 Å². The van der Waals surface area contributed by atoms with Crippen molar-refractivity contribution < 1.29 is 14.3 Å². The smallest absolute Gasteiger partial charge is 0.345 e. The maximum absolute atomic E-state index is 12.2. The summed E-state index contributed by atoms with van der Waals surface area (Å²) in [4.78, 5) is 25.0. The minimum absolute atomic E-state index is 0.199. The molecule has 3 aromatic rings. The molecule has 1 aromatic heterocycles. The Morgan fingerprint density at radius 1 is 1.11 bits per heavy atom. The molecule has 1 amide bonds. The second-order valence-electron chi connectivity index (χ2n) is 5.49. The normalized spacial score (nSPS) is 10.7. The molecule has 0 saturated carbocycles. The predicted octanol–water partition coefficient (Wildman–Crippen LogP) is 4.31. The Kier molecular flexibility index (Phi) is 6.35. The number of nitrogens with zero attached hydrogens (tertiary/aromatic N) is 1. The monoisotopic (exact) mass is 398 g/mol. The van der Waals surface area contributed by atoms with E-state index < -0.39 is 5.97 Å². The van der Waals surface area contributed by atoms with Gasteiger partial charge in [0.05, 0.1) is 23.2 Å². The Morgan fingerprint density at radius 3 is 2.74 bits per heavy atom. The average molecular weight is 399 g/mol. The van der Waals surface area contributed by atoms with Gasteiger partial charge in [-0.25, -0.2) is 10.2 Å². The van der Waals surface area contributed by atoms with E-state index in [4.69, 9.17) is 16.3 Å². The first kappa shape index (κ1) is 18.8. The summed E-state index contributed by atoms with van der Waals surface area (Å²) >= 11 is 7.52. The van der Waals surface area contributed by atoms with Crippen molar-refractivity contribution in [1.29, 1.82) is 0 Å². The molecular formula is C20H15ClN2O3S. The topological polar surface area (TPSA) is 67.8 Å². The first-order valence-corrected chi connectivity index (χ1v) is 9.28. The fraction of sp³-hybridized carbons (Fsp3) is 0.0500. The first-order chi connectivity index (χ1) is 13.1. The summed E-state index contributed by atoms with van der Waals surface area (Å²) in [5.74, 6) is -0.386. The number of benzene rings is 2. The predicted molar refractivity (Wildman–Crippen MR) is 107 cm³/mol. The van der Waals surface area contributed by atoms with E-state index in [0.717, 1.165) is 4.88 Å². The van der Waals surface area contributed by atoms with E-state index in [1.165, 1.54) is 17.6 Å². The van der Waals surface area contributed by atoms with E-state index in [-0.39, 0.29) is 12.3 Å². The number of hydrogen-bond acceptors (Lipinski definition) is 5. The number of rotatable bonds is 6. The standard InChI is InChI=1S/C20H15ClN2O3S/c21-18-9-2-1-8-17(18)20(25)26-15-6-3-5-14(11-15)13-22-23-19(24)12-16-7-4-10-27-16/h1-11,13H,12H2,(H,23,24)/b22-13-. The van der Waals surface area contributed by atoms with Crippen LogP contribution >= 0.6 is 22.9 Å². The molecule has 0 aliphatic rings. The maximum Gasteiger partial charge on any atom is 0.345 e. The van der Waals surface area contributed by atoms with Crippen molar-refractivity contribution in [2.24, 2.45) is 5.10 Å². The fourth-order valence-electron chi connectivity index (χ4n) is 2.24. The van der Waals surface area contributed by atoms with Gasteiger partial charge in [-0.3, -0.25) is 4.79 Å². The quantitative estimate of drug-likeness (QED) is 0.291. The molecule has 2 aromatic carbocycles. The summed E-state index contributed by atoms with van der Waals surface area (Å²) in [6, 6.07) is 17.3. The molecule has 0 aliphatic carbocycles.